The van der Waals surface area contributed by atoms with Crippen LogP contribution in [0.2, 0.25) is 0 Å². The highest BCUT2D eigenvalue weighted by atomic mass is 16.3. The second-order valence-corrected chi connectivity index (χ2v) is 2.23. The van der Waals surface area contributed by atoms with Crippen molar-refractivity contribution < 1.29 is 10.5 Å². The van der Waals surface area contributed by atoms with Crippen LogP contribution in [-0.4, -0.2) is 11.3 Å². The average molecular weight is 136 g/mol. The van der Waals surface area contributed by atoms with Crippen molar-refractivity contribution in [2.75, 3.05) is 0 Å². The molecule has 0 saturated heterocycles. The van der Waals surface area contributed by atoms with Crippen molar-refractivity contribution in [3.05, 3.63) is 29.3 Å². The second-order valence-electron chi connectivity index (χ2n) is 2.23. The number of benzene rings is 1. The monoisotopic (exact) mass is 136 g/mol. The number of aromatic hydroxyl groups is 1. The first kappa shape index (κ1) is 6.81. The van der Waals surface area contributed by atoms with E-state index in [1.54, 1.807) is 12.1 Å². The molecule has 52 valence electrons. The van der Waals surface area contributed by atoms with Gasteiger partial charge in [-0.05, 0) is 24.6 Å². The smallest absolute Gasteiger partial charge is 0.171 e. The molecule has 0 aliphatic carbocycles. The third-order valence-corrected chi connectivity index (χ3v) is 1.37. The lowest BCUT2D eigenvalue weighted by atomic mass is 10.1. The Hall–Kier alpha value is -1.31. The van der Waals surface area contributed by atoms with Crippen LogP contribution >= 0.6 is 0 Å². The van der Waals surface area contributed by atoms with Crippen LogP contribution in [0.3, 0.4) is 0 Å². The zero-order valence-electron chi connectivity index (χ0n) is 5.83. The highest BCUT2D eigenvalue weighted by Gasteiger charge is 1.97. The number of rotatable bonds is 1. The summed E-state index contributed by atoms with van der Waals surface area (Å²) >= 11 is 0. The maximum Gasteiger partial charge on any atom is 0.171 e. The molecule has 0 aliphatic rings. The predicted molar refractivity (Wildman–Crippen MR) is 39.9 cm³/mol. The molecule has 10 heavy (non-hydrogen) atoms. The van der Waals surface area contributed by atoms with Crippen molar-refractivity contribution >= 4 is 6.21 Å². The topological polar surface area (TPSA) is 45.8 Å². The Bertz CT molecular complexity index is 255. The Morgan fingerprint density at radius 2 is 2.20 bits per heavy atom. The molecule has 0 unspecified atom stereocenters. The summed E-state index contributed by atoms with van der Waals surface area (Å²) in [4.78, 5) is 0. The molecule has 0 spiro atoms. The van der Waals surface area contributed by atoms with E-state index in [0.717, 1.165) is 5.56 Å². The molecule has 0 saturated carbocycles. The number of hydrogen-bond donors (Lipinski definition) is 2. The lowest BCUT2D eigenvalue weighted by Crippen LogP contribution is -2.29. The number of nitrogens with two attached hydrogens (primary N) is 1. The van der Waals surface area contributed by atoms with Gasteiger partial charge < -0.3 is 5.11 Å². The quantitative estimate of drug-likeness (QED) is 0.519. The second kappa shape index (κ2) is 2.52. The number of phenols is 1. The van der Waals surface area contributed by atoms with E-state index in [4.69, 9.17) is 5.41 Å². The number of phenolic OH excluding ortho intramolecular Hbond substituents is 1. The van der Waals surface area contributed by atoms with Crippen molar-refractivity contribution in [2.24, 2.45) is 0 Å². The van der Waals surface area contributed by atoms with Crippen molar-refractivity contribution in [2.45, 2.75) is 6.92 Å². The lowest BCUT2D eigenvalue weighted by Gasteiger charge is -1.95. The molecule has 1 aromatic rings. The largest absolute Gasteiger partial charge is 0.507 e. The van der Waals surface area contributed by atoms with Gasteiger partial charge in [-0.15, -0.1) is 0 Å². The van der Waals surface area contributed by atoms with Gasteiger partial charge in [-0.2, -0.15) is 0 Å². The van der Waals surface area contributed by atoms with Gasteiger partial charge in [0.2, 0.25) is 0 Å². The van der Waals surface area contributed by atoms with Gasteiger partial charge in [0.25, 0.3) is 0 Å². The van der Waals surface area contributed by atoms with E-state index < -0.39 is 0 Å². The van der Waals surface area contributed by atoms with Crippen LogP contribution in [0.15, 0.2) is 18.2 Å². The molecular weight excluding hydrogens is 126 g/mol. The van der Waals surface area contributed by atoms with Crippen molar-refractivity contribution in [3.63, 3.8) is 0 Å². The molecule has 2 heteroatoms. The molecule has 3 N–H and O–H groups in total. The molecule has 2 nitrogen and oxygen atoms in total. The van der Waals surface area contributed by atoms with Crippen LogP contribution in [0, 0.1) is 6.92 Å². The van der Waals surface area contributed by atoms with Gasteiger partial charge in [0.15, 0.2) is 6.21 Å². The predicted octanol–water partition coefficient (Wildman–Crippen LogP) is -0.121. The minimum absolute atomic E-state index is 0.238. The van der Waals surface area contributed by atoms with Crippen LogP contribution in [0.1, 0.15) is 11.1 Å². The normalized spacial score (nSPS) is 9.30. The SMILES string of the molecule is Cc1ccc(C=[NH2+])c(O)c1. The fraction of sp³-hybridized carbons (Fsp3) is 0.125. The summed E-state index contributed by atoms with van der Waals surface area (Å²) in [6.45, 7) is 1.92. The Kier molecular flexibility index (Phi) is 1.71. The van der Waals surface area contributed by atoms with Crippen molar-refractivity contribution in [3.8, 4) is 5.75 Å². The van der Waals surface area contributed by atoms with Gasteiger partial charge in [0, 0.05) is 0 Å². The van der Waals surface area contributed by atoms with E-state index in [2.05, 4.69) is 0 Å². The highest BCUT2D eigenvalue weighted by Crippen LogP contribution is 2.14. The fourth-order valence-electron chi connectivity index (χ4n) is 0.795. The Morgan fingerprint density at radius 3 is 2.70 bits per heavy atom. The minimum atomic E-state index is 0.238. The van der Waals surface area contributed by atoms with Crippen LogP contribution in [0.25, 0.3) is 0 Å². The minimum Gasteiger partial charge on any atom is -0.507 e. The molecule has 0 fully saturated rings. The summed E-state index contributed by atoms with van der Waals surface area (Å²) in [5.74, 6) is 0.238. The zero-order chi connectivity index (χ0) is 7.56. The van der Waals surface area contributed by atoms with Crippen molar-refractivity contribution in [1.82, 2.24) is 0 Å². The maximum absolute atomic E-state index is 9.18. The maximum atomic E-state index is 9.18. The summed E-state index contributed by atoms with van der Waals surface area (Å²) in [6, 6.07) is 5.36. The Labute approximate surface area is 59.6 Å². The summed E-state index contributed by atoms with van der Waals surface area (Å²) in [5, 5.41) is 14.4. The van der Waals surface area contributed by atoms with E-state index in [1.165, 1.54) is 6.21 Å². The molecule has 0 atom stereocenters. The molecule has 0 heterocycles. The molecule has 0 amide bonds. The van der Waals surface area contributed by atoms with E-state index in [0.29, 0.717) is 5.56 Å². The third-order valence-electron chi connectivity index (χ3n) is 1.37. The third kappa shape index (κ3) is 1.16. The van der Waals surface area contributed by atoms with E-state index in [-0.39, 0.29) is 5.75 Å². The first-order valence-electron chi connectivity index (χ1n) is 3.08. The van der Waals surface area contributed by atoms with Gasteiger partial charge in [-0.3, -0.25) is 5.41 Å². The van der Waals surface area contributed by atoms with Gasteiger partial charge in [0.1, 0.15) is 5.75 Å². The standard InChI is InChI=1S/C8H9NO/c1-6-2-3-7(5-9)8(10)4-6/h2-5,9-10H,1H3/p+1. The number of aryl methyl sites for hydroxylation is 1. The number of hydrogen-bond acceptors (Lipinski definition) is 1. The summed E-state index contributed by atoms with van der Waals surface area (Å²) in [6.07, 6.45) is 1.38. The molecular formula is C8H10NO+. The van der Waals surface area contributed by atoms with Crippen LogP contribution in [0.5, 0.6) is 5.75 Å². The zero-order valence-corrected chi connectivity index (χ0v) is 5.83. The summed E-state index contributed by atoms with van der Waals surface area (Å²) < 4.78 is 0. The van der Waals surface area contributed by atoms with Crippen LogP contribution < -0.4 is 5.41 Å². The lowest BCUT2D eigenvalue weighted by molar-refractivity contribution is -0.104. The molecule has 0 radical (unpaired) electrons. The van der Waals surface area contributed by atoms with E-state index in [1.807, 2.05) is 13.0 Å². The van der Waals surface area contributed by atoms with Crippen LogP contribution in [0.4, 0.5) is 0 Å². The van der Waals surface area contributed by atoms with Gasteiger partial charge in [-0.25, -0.2) is 0 Å². The van der Waals surface area contributed by atoms with E-state index >= 15 is 0 Å². The molecule has 0 bridgehead atoms. The van der Waals surface area contributed by atoms with Crippen LogP contribution in [-0.2, 0) is 0 Å². The summed E-state index contributed by atoms with van der Waals surface area (Å²) in [5.41, 5.74) is 1.70. The molecule has 0 aromatic heterocycles. The van der Waals surface area contributed by atoms with Crippen molar-refractivity contribution in [1.29, 1.82) is 0 Å². The van der Waals surface area contributed by atoms with Gasteiger partial charge >= 0.3 is 0 Å². The molecule has 1 aromatic carbocycles. The van der Waals surface area contributed by atoms with Gasteiger partial charge in [0.05, 0.1) is 5.56 Å². The summed E-state index contributed by atoms with van der Waals surface area (Å²) in [7, 11) is 0. The fourth-order valence-corrected chi connectivity index (χ4v) is 0.795. The molecule has 1 rings (SSSR count). The molecule has 0 aliphatic heterocycles. The highest BCUT2D eigenvalue weighted by molar-refractivity contribution is 5.78. The first-order chi connectivity index (χ1) is 4.74. The first-order valence-corrected chi connectivity index (χ1v) is 3.08. The Morgan fingerprint density at radius 1 is 1.50 bits per heavy atom. The van der Waals surface area contributed by atoms with Gasteiger partial charge in [-0.1, -0.05) is 6.07 Å². The average Bonchev–Trinajstić information content (AvgIpc) is 1.88. The van der Waals surface area contributed by atoms with E-state index in [9.17, 15) is 5.11 Å². The Balaban J connectivity index is 3.19.